The summed E-state index contributed by atoms with van der Waals surface area (Å²) in [5.41, 5.74) is 1.32. The second-order valence-corrected chi connectivity index (χ2v) is 6.57. The second-order valence-electron chi connectivity index (χ2n) is 6.57. The van der Waals surface area contributed by atoms with Crippen LogP contribution in [0.2, 0.25) is 0 Å². The lowest BCUT2D eigenvalue weighted by Gasteiger charge is -2.41. The van der Waals surface area contributed by atoms with Crippen molar-refractivity contribution in [2.24, 2.45) is 10.8 Å². The fourth-order valence-electron chi connectivity index (χ4n) is 2.78. The van der Waals surface area contributed by atoms with Gasteiger partial charge in [-0.05, 0) is 44.1 Å². The lowest BCUT2D eigenvalue weighted by Crippen LogP contribution is -2.35. The zero-order valence-corrected chi connectivity index (χ0v) is 12.0. The number of hydrogen-bond acceptors (Lipinski definition) is 3. The fourth-order valence-corrected chi connectivity index (χ4v) is 2.78. The van der Waals surface area contributed by atoms with Gasteiger partial charge in [0.15, 0.2) is 0 Å². The van der Waals surface area contributed by atoms with Crippen molar-refractivity contribution in [1.82, 2.24) is 4.98 Å². The highest BCUT2D eigenvalue weighted by molar-refractivity contribution is 5.22. The molecule has 1 aliphatic carbocycles. The van der Waals surface area contributed by atoms with Gasteiger partial charge >= 0.3 is 0 Å². The van der Waals surface area contributed by atoms with Crippen molar-refractivity contribution in [3.8, 4) is 6.07 Å². The van der Waals surface area contributed by atoms with Crippen LogP contribution in [0.15, 0.2) is 18.3 Å². The summed E-state index contributed by atoms with van der Waals surface area (Å²) >= 11 is 0. The minimum Gasteiger partial charge on any atom is -0.387 e. The van der Waals surface area contributed by atoms with E-state index < -0.39 is 11.5 Å². The van der Waals surface area contributed by atoms with Crippen LogP contribution in [0.1, 0.15) is 56.9 Å². The zero-order valence-electron chi connectivity index (χ0n) is 12.0. The van der Waals surface area contributed by atoms with E-state index in [-0.39, 0.29) is 5.41 Å². The molecule has 0 amide bonds. The van der Waals surface area contributed by atoms with Gasteiger partial charge in [-0.1, -0.05) is 19.9 Å². The van der Waals surface area contributed by atoms with Crippen molar-refractivity contribution < 1.29 is 5.11 Å². The number of aliphatic hydroxyl groups is 1. The first-order valence-electron chi connectivity index (χ1n) is 6.90. The predicted molar refractivity (Wildman–Crippen MR) is 74.2 cm³/mol. The number of rotatable bonds is 2. The third-order valence-corrected chi connectivity index (χ3v) is 4.49. The molecule has 0 radical (unpaired) electrons. The van der Waals surface area contributed by atoms with E-state index in [0.29, 0.717) is 0 Å². The van der Waals surface area contributed by atoms with Crippen LogP contribution in [0.5, 0.6) is 0 Å². The van der Waals surface area contributed by atoms with Gasteiger partial charge < -0.3 is 5.11 Å². The molecular formula is C16H22N2O. The Morgan fingerprint density at radius 2 is 1.89 bits per heavy atom. The van der Waals surface area contributed by atoms with Crippen LogP contribution in [0.4, 0.5) is 0 Å². The first-order valence-corrected chi connectivity index (χ1v) is 6.90. The maximum absolute atomic E-state index is 10.6. The summed E-state index contributed by atoms with van der Waals surface area (Å²) < 4.78 is 0. The molecular weight excluding hydrogens is 236 g/mol. The topological polar surface area (TPSA) is 56.9 Å². The molecule has 0 aromatic carbocycles. The molecule has 1 heterocycles. The van der Waals surface area contributed by atoms with E-state index in [4.69, 9.17) is 0 Å². The number of nitrogens with zero attached hydrogens (tertiary/aromatic N) is 2. The summed E-state index contributed by atoms with van der Waals surface area (Å²) in [5.74, 6) is 0. The van der Waals surface area contributed by atoms with Gasteiger partial charge in [-0.15, -0.1) is 0 Å². The van der Waals surface area contributed by atoms with Crippen LogP contribution >= 0.6 is 0 Å². The normalized spacial score (nSPS) is 22.5. The molecule has 2 rings (SSSR count). The predicted octanol–water partition coefficient (Wildman–Crippen LogP) is 3.53. The first-order chi connectivity index (χ1) is 8.88. The molecule has 1 aliphatic rings. The van der Waals surface area contributed by atoms with Crippen molar-refractivity contribution >= 4 is 0 Å². The molecule has 0 saturated heterocycles. The van der Waals surface area contributed by atoms with Crippen LogP contribution in [-0.4, -0.2) is 10.1 Å². The number of pyridine rings is 1. The Hall–Kier alpha value is -1.40. The van der Waals surface area contributed by atoms with Gasteiger partial charge in [0.05, 0.1) is 17.6 Å². The third kappa shape index (κ3) is 2.79. The Morgan fingerprint density at radius 3 is 2.37 bits per heavy atom. The van der Waals surface area contributed by atoms with Crippen molar-refractivity contribution in [2.45, 2.75) is 52.6 Å². The molecule has 3 nitrogen and oxygen atoms in total. The van der Waals surface area contributed by atoms with Crippen molar-refractivity contribution in [3.63, 3.8) is 0 Å². The van der Waals surface area contributed by atoms with E-state index in [1.807, 2.05) is 19.1 Å². The summed E-state index contributed by atoms with van der Waals surface area (Å²) in [5, 5.41) is 20.2. The molecule has 1 saturated carbocycles. The van der Waals surface area contributed by atoms with Gasteiger partial charge in [-0.3, -0.25) is 4.98 Å². The molecule has 0 aliphatic heterocycles. The van der Waals surface area contributed by atoms with Crippen molar-refractivity contribution in [1.29, 1.82) is 5.26 Å². The van der Waals surface area contributed by atoms with Gasteiger partial charge in [0.1, 0.15) is 0 Å². The van der Waals surface area contributed by atoms with E-state index in [0.717, 1.165) is 36.9 Å². The Labute approximate surface area is 115 Å². The number of aliphatic hydroxyl groups excluding tert-OH is 1. The molecule has 102 valence electrons. The Kier molecular flexibility index (Phi) is 3.64. The summed E-state index contributed by atoms with van der Waals surface area (Å²) in [7, 11) is 0. The minimum atomic E-state index is -0.735. The van der Waals surface area contributed by atoms with Crippen molar-refractivity contribution in [2.75, 3.05) is 0 Å². The minimum absolute atomic E-state index is 0.283. The lowest BCUT2D eigenvalue weighted by molar-refractivity contribution is 0.00935. The van der Waals surface area contributed by atoms with Gasteiger partial charge in [-0.2, -0.15) is 5.26 Å². The molecule has 1 aromatic rings. The molecule has 0 spiro atoms. The van der Waals surface area contributed by atoms with E-state index in [2.05, 4.69) is 24.9 Å². The van der Waals surface area contributed by atoms with Gasteiger partial charge in [0.25, 0.3) is 0 Å². The SMILES string of the molecule is Cc1ccc(C(O)C2(C#N)CCC(C)(C)CC2)cn1. The van der Waals surface area contributed by atoms with Gasteiger partial charge in [0, 0.05) is 17.5 Å². The van der Waals surface area contributed by atoms with Crippen LogP contribution < -0.4 is 0 Å². The third-order valence-electron chi connectivity index (χ3n) is 4.49. The standard InChI is InChI=1S/C16H22N2O/c1-12-4-5-13(10-18-12)14(19)16(11-17)8-6-15(2,3)7-9-16/h4-5,10,14,19H,6-9H2,1-3H3. The number of aryl methyl sites for hydroxylation is 1. The molecule has 1 atom stereocenters. The average molecular weight is 258 g/mol. The molecule has 1 unspecified atom stereocenters. The summed E-state index contributed by atoms with van der Waals surface area (Å²) in [6.07, 6.45) is 4.44. The highest BCUT2D eigenvalue weighted by Gasteiger charge is 2.44. The molecule has 3 heteroatoms. The van der Waals surface area contributed by atoms with E-state index in [9.17, 15) is 10.4 Å². The maximum atomic E-state index is 10.6. The Balaban J connectivity index is 2.23. The monoisotopic (exact) mass is 258 g/mol. The lowest BCUT2D eigenvalue weighted by atomic mass is 9.62. The molecule has 0 bridgehead atoms. The van der Waals surface area contributed by atoms with Crippen LogP contribution in [0, 0.1) is 29.1 Å². The van der Waals surface area contributed by atoms with E-state index in [1.165, 1.54) is 0 Å². The second kappa shape index (κ2) is 4.94. The zero-order chi connectivity index (χ0) is 14.1. The maximum Gasteiger partial charge on any atom is 0.0991 e. The van der Waals surface area contributed by atoms with E-state index >= 15 is 0 Å². The highest BCUT2D eigenvalue weighted by atomic mass is 16.3. The number of aromatic nitrogens is 1. The van der Waals surface area contributed by atoms with Gasteiger partial charge in [0.2, 0.25) is 0 Å². The quantitative estimate of drug-likeness (QED) is 0.882. The Morgan fingerprint density at radius 1 is 1.26 bits per heavy atom. The highest BCUT2D eigenvalue weighted by Crippen LogP contribution is 2.50. The fraction of sp³-hybridized carbons (Fsp3) is 0.625. The summed E-state index contributed by atoms with van der Waals surface area (Å²) in [6, 6.07) is 6.16. The number of hydrogen-bond donors (Lipinski definition) is 1. The van der Waals surface area contributed by atoms with Gasteiger partial charge in [-0.25, -0.2) is 0 Å². The van der Waals surface area contributed by atoms with Crippen LogP contribution in [0.3, 0.4) is 0 Å². The molecule has 19 heavy (non-hydrogen) atoms. The molecule has 1 N–H and O–H groups in total. The van der Waals surface area contributed by atoms with Crippen molar-refractivity contribution in [3.05, 3.63) is 29.6 Å². The largest absolute Gasteiger partial charge is 0.387 e. The molecule has 1 fully saturated rings. The first kappa shape index (κ1) is 14.0. The molecule has 1 aromatic heterocycles. The number of nitriles is 1. The summed E-state index contributed by atoms with van der Waals surface area (Å²) in [6.45, 7) is 6.38. The smallest absolute Gasteiger partial charge is 0.0991 e. The van der Waals surface area contributed by atoms with E-state index in [1.54, 1.807) is 6.20 Å². The Bertz CT molecular complexity index is 474. The summed E-state index contributed by atoms with van der Waals surface area (Å²) in [4.78, 5) is 4.22. The van der Waals surface area contributed by atoms with Crippen LogP contribution in [-0.2, 0) is 0 Å². The van der Waals surface area contributed by atoms with Crippen LogP contribution in [0.25, 0.3) is 0 Å². The average Bonchev–Trinajstić information content (AvgIpc) is 2.40.